The normalized spacial score (nSPS) is 14.3. The van der Waals surface area contributed by atoms with Gasteiger partial charge >= 0.3 is 0 Å². The van der Waals surface area contributed by atoms with Gasteiger partial charge in [-0.1, -0.05) is 0 Å². The Balaban J connectivity index is 1.95. The number of aryl methyl sites for hydroxylation is 1. The third-order valence-corrected chi connectivity index (χ3v) is 3.12. The van der Waals surface area contributed by atoms with Gasteiger partial charge in [-0.2, -0.15) is 0 Å². The van der Waals surface area contributed by atoms with Crippen molar-refractivity contribution in [2.45, 2.75) is 24.9 Å². The van der Waals surface area contributed by atoms with Gasteiger partial charge in [-0.15, -0.1) is 0 Å². The number of pyridine rings is 1. The molecule has 4 heteroatoms. The van der Waals surface area contributed by atoms with E-state index < -0.39 is 6.10 Å². The van der Waals surface area contributed by atoms with Crippen molar-refractivity contribution in [1.82, 2.24) is 4.98 Å². The zero-order valence-electron chi connectivity index (χ0n) is 10.2. The molecule has 0 aromatic carbocycles. The molecule has 2 atom stereocenters. The van der Waals surface area contributed by atoms with E-state index in [0.29, 0.717) is 13.0 Å². The van der Waals surface area contributed by atoms with E-state index in [-0.39, 0.29) is 5.92 Å². The SMILES string of the molecule is NCC(c1ccncc1)C(O)CCc1ccco1. The highest BCUT2D eigenvalue weighted by molar-refractivity contribution is 5.18. The van der Waals surface area contributed by atoms with Crippen LogP contribution in [-0.4, -0.2) is 22.7 Å². The lowest BCUT2D eigenvalue weighted by molar-refractivity contribution is 0.134. The first-order valence-electron chi connectivity index (χ1n) is 6.11. The molecule has 0 bridgehead atoms. The Morgan fingerprint density at radius 1 is 1.28 bits per heavy atom. The van der Waals surface area contributed by atoms with Crippen molar-refractivity contribution in [1.29, 1.82) is 0 Å². The molecule has 0 aliphatic carbocycles. The fourth-order valence-electron chi connectivity index (χ4n) is 2.07. The zero-order chi connectivity index (χ0) is 12.8. The topological polar surface area (TPSA) is 72.3 Å². The number of nitrogens with zero attached hydrogens (tertiary/aromatic N) is 1. The average Bonchev–Trinajstić information content (AvgIpc) is 2.92. The van der Waals surface area contributed by atoms with Gasteiger partial charge in [-0.25, -0.2) is 0 Å². The van der Waals surface area contributed by atoms with Crippen LogP contribution in [0.5, 0.6) is 0 Å². The summed E-state index contributed by atoms with van der Waals surface area (Å²) < 4.78 is 5.25. The summed E-state index contributed by atoms with van der Waals surface area (Å²) in [6, 6.07) is 7.56. The summed E-state index contributed by atoms with van der Waals surface area (Å²) in [6.07, 6.45) is 5.97. The quantitative estimate of drug-likeness (QED) is 0.814. The molecule has 0 amide bonds. The highest BCUT2D eigenvalue weighted by Crippen LogP contribution is 2.21. The smallest absolute Gasteiger partial charge is 0.103 e. The minimum Gasteiger partial charge on any atom is -0.469 e. The van der Waals surface area contributed by atoms with Gasteiger partial charge in [0.05, 0.1) is 12.4 Å². The van der Waals surface area contributed by atoms with E-state index >= 15 is 0 Å². The van der Waals surface area contributed by atoms with Crippen molar-refractivity contribution >= 4 is 0 Å². The molecule has 4 nitrogen and oxygen atoms in total. The van der Waals surface area contributed by atoms with Crippen molar-refractivity contribution in [3.63, 3.8) is 0 Å². The molecule has 0 saturated heterocycles. The fraction of sp³-hybridized carbons (Fsp3) is 0.357. The van der Waals surface area contributed by atoms with Gasteiger partial charge in [0, 0.05) is 31.3 Å². The molecular formula is C14H18N2O2. The van der Waals surface area contributed by atoms with Crippen LogP contribution in [0.25, 0.3) is 0 Å². The summed E-state index contributed by atoms with van der Waals surface area (Å²) in [7, 11) is 0. The molecule has 0 fully saturated rings. The van der Waals surface area contributed by atoms with Gasteiger partial charge in [0.2, 0.25) is 0 Å². The molecule has 3 N–H and O–H groups in total. The molecule has 2 aromatic heterocycles. The van der Waals surface area contributed by atoms with Crippen molar-refractivity contribution in [2.24, 2.45) is 5.73 Å². The van der Waals surface area contributed by atoms with E-state index in [4.69, 9.17) is 10.2 Å². The van der Waals surface area contributed by atoms with Crippen LogP contribution in [0.1, 0.15) is 23.7 Å². The molecule has 96 valence electrons. The van der Waals surface area contributed by atoms with Gasteiger partial charge in [-0.3, -0.25) is 4.98 Å². The fourth-order valence-corrected chi connectivity index (χ4v) is 2.07. The van der Waals surface area contributed by atoms with Gasteiger partial charge in [0.15, 0.2) is 0 Å². The molecule has 2 unspecified atom stereocenters. The lowest BCUT2D eigenvalue weighted by Gasteiger charge is -2.21. The second-order valence-electron chi connectivity index (χ2n) is 4.31. The average molecular weight is 246 g/mol. The predicted molar refractivity (Wildman–Crippen MR) is 69.1 cm³/mol. The Morgan fingerprint density at radius 2 is 2.06 bits per heavy atom. The maximum absolute atomic E-state index is 10.2. The molecule has 0 aliphatic rings. The minimum atomic E-state index is -0.470. The van der Waals surface area contributed by atoms with Crippen LogP contribution in [0.4, 0.5) is 0 Å². The Hall–Kier alpha value is -1.65. The summed E-state index contributed by atoms with van der Waals surface area (Å²) >= 11 is 0. The van der Waals surface area contributed by atoms with Crippen LogP contribution < -0.4 is 5.73 Å². The van der Waals surface area contributed by atoms with Crippen molar-refractivity contribution in [3.05, 3.63) is 54.2 Å². The van der Waals surface area contributed by atoms with Crippen molar-refractivity contribution < 1.29 is 9.52 Å². The monoisotopic (exact) mass is 246 g/mol. The number of aliphatic hydroxyl groups excluding tert-OH is 1. The number of rotatable bonds is 6. The second-order valence-corrected chi connectivity index (χ2v) is 4.31. The van der Waals surface area contributed by atoms with Crippen molar-refractivity contribution in [2.75, 3.05) is 6.54 Å². The lowest BCUT2D eigenvalue weighted by atomic mass is 9.91. The summed E-state index contributed by atoms with van der Waals surface area (Å²) in [5.74, 6) is 0.836. The number of hydrogen-bond donors (Lipinski definition) is 2. The van der Waals surface area contributed by atoms with Crippen LogP contribution in [0.3, 0.4) is 0 Å². The number of hydrogen-bond acceptors (Lipinski definition) is 4. The van der Waals surface area contributed by atoms with E-state index in [1.807, 2.05) is 24.3 Å². The maximum atomic E-state index is 10.2. The van der Waals surface area contributed by atoms with Gasteiger partial charge in [0.25, 0.3) is 0 Å². The van der Waals surface area contributed by atoms with Gasteiger partial charge in [0.1, 0.15) is 5.76 Å². The Labute approximate surface area is 106 Å². The molecule has 0 spiro atoms. The van der Waals surface area contributed by atoms with Crippen LogP contribution in [0, 0.1) is 0 Å². The molecular weight excluding hydrogens is 228 g/mol. The number of aromatic nitrogens is 1. The molecule has 2 aromatic rings. The van der Waals surface area contributed by atoms with Crippen LogP contribution in [0.2, 0.25) is 0 Å². The molecule has 2 heterocycles. The maximum Gasteiger partial charge on any atom is 0.103 e. The van der Waals surface area contributed by atoms with Crippen LogP contribution in [-0.2, 0) is 6.42 Å². The first kappa shape index (κ1) is 12.8. The Bertz CT molecular complexity index is 442. The lowest BCUT2D eigenvalue weighted by Crippen LogP contribution is -2.26. The molecule has 0 aliphatic heterocycles. The van der Waals surface area contributed by atoms with Crippen molar-refractivity contribution in [3.8, 4) is 0 Å². The first-order valence-corrected chi connectivity index (χ1v) is 6.11. The third-order valence-electron chi connectivity index (χ3n) is 3.12. The molecule has 0 radical (unpaired) electrons. The minimum absolute atomic E-state index is 0.0528. The van der Waals surface area contributed by atoms with Gasteiger partial charge < -0.3 is 15.3 Å². The van der Waals surface area contributed by atoms with Crippen LogP contribution >= 0.6 is 0 Å². The Kier molecular flexibility index (Phi) is 4.50. The van der Waals surface area contributed by atoms with Crippen LogP contribution in [0.15, 0.2) is 47.3 Å². The largest absolute Gasteiger partial charge is 0.469 e. The molecule has 18 heavy (non-hydrogen) atoms. The van der Waals surface area contributed by atoms with E-state index in [9.17, 15) is 5.11 Å². The predicted octanol–water partition coefficient (Wildman–Crippen LogP) is 1.71. The summed E-state index contributed by atoms with van der Waals surface area (Å²) in [5.41, 5.74) is 6.78. The Morgan fingerprint density at radius 3 is 2.67 bits per heavy atom. The van der Waals surface area contributed by atoms with E-state index in [2.05, 4.69) is 4.98 Å². The number of furan rings is 1. The number of aliphatic hydroxyl groups is 1. The number of nitrogens with two attached hydrogens (primary N) is 1. The highest BCUT2D eigenvalue weighted by Gasteiger charge is 2.19. The molecule has 0 saturated carbocycles. The summed E-state index contributed by atoms with van der Waals surface area (Å²) in [5, 5.41) is 10.2. The highest BCUT2D eigenvalue weighted by atomic mass is 16.3. The summed E-state index contributed by atoms with van der Waals surface area (Å²) in [4.78, 5) is 3.97. The standard InChI is InChI=1S/C14H18N2O2/c15-10-13(11-5-7-16-8-6-11)14(17)4-3-12-2-1-9-18-12/h1-2,5-9,13-14,17H,3-4,10,15H2. The summed E-state index contributed by atoms with van der Waals surface area (Å²) in [6.45, 7) is 0.420. The zero-order valence-corrected chi connectivity index (χ0v) is 10.2. The van der Waals surface area contributed by atoms with E-state index in [1.54, 1.807) is 18.7 Å². The van der Waals surface area contributed by atoms with E-state index in [1.165, 1.54) is 0 Å². The second kappa shape index (κ2) is 6.33. The van der Waals surface area contributed by atoms with E-state index in [0.717, 1.165) is 17.7 Å². The third kappa shape index (κ3) is 3.18. The van der Waals surface area contributed by atoms with Gasteiger partial charge in [-0.05, 0) is 36.2 Å². The molecule has 2 rings (SSSR count). The first-order chi connectivity index (χ1) is 8.81.